The zero-order valence-electron chi connectivity index (χ0n) is 12.1. The van der Waals surface area contributed by atoms with E-state index in [2.05, 4.69) is 14.8 Å². The monoisotopic (exact) mass is 291 g/mol. The summed E-state index contributed by atoms with van der Waals surface area (Å²) in [6.07, 6.45) is 2.42. The van der Waals surface area contributed by atoms with Crippen LogP contribution in [0.4, 0.5) is 5.82 Å². The van der Waals surface area contributed by atoms with Gasteiger partial charge >= 0.3 is 5.97 Å². The average Bonchev–Trinajstić information content (AvgIpc) is 2.99. The first-order valence-electron chi connectivity index (χ1n) is 7.39. The predicted octanol–water partition coefficient (Wildman–Crippen LogP) is 0.695. The fourth-order valence-corrected chi connectivity index (χ4v) is 3.07. The molecule has 2 aliphatic rings. The van der Waals surface area contributed by atoms with Crippen molar-refractivity contribution in [2.24, 2.45) is 5.41 Å². The Bertz CT molecular complexity index is 480. The summed E-state index contributed by atoms with van der Waals surface area (Å²) in [5, 5.41) is 9.50. The number of aliphatic carboxylic acids is 1. The second kappa shape index (κ2) is 5.99. The van der Waals surface area contributed by atoms with Crippen molar-refractivity contribution in [1.82, 2.24) is 9.88 Å². The number of anilines is 1. The molecule has 2 saturated heterocycles. The third kappa shape index (κ3) is 3.01. The highest BCUT2D eigenvalue weighted by molar-refractivity contribution is 5.75. The molecule has 114 valence electrons. The molecule has 3 rings (SSSR count). The third-order valence-corrected chi connectivity index (χ3v) is 4.43. The van der Waals surface area contributed by atoms with Gasteiger partial charge < -0.3 is 14.7 Å². The van der Waals surface area contributed by atoms with Crippen molar-refractivity contribution in [2.75, 3.05) is 50.8 Å². The van der Waals surface area contributed by atoms with Crippen LogP contribution in [0.5, 0.6) is 0 Å². The van der Waals surface area contributed by atoms with Gasteiger partial charge in [-0.15, -0.1) is 0 Å². The van der Waals surface area contributed by atoms with Gasteiger partial charge in [-0.1, -0.05) is 6.07 Å². The third-order valence-electron chi connectivity index (χ3n) is 4.43. The molecule has 1 aromatic rings. The first-order chi connectivity index (χ1) is 10.2. The van der Waals surface area contributed by atoms with Gasteiger partial charge in [0.05, 0.1) is 6.61 Å². The normalized spacial score (nSPS) is 27.0. The van der Waals surface area contributed by atoms with E-state index in [0.29, 0.717) is 26.2 Å². The molecular formula is C15H21N3O3. The highest BCUT2D eigenvalue weighted by Crippen LogP contribution is 2.30. The van der Waals surface area contributed by atoms with Crippen LogP contribution in [-0.4, -0.2) is 66.9 Å². The zero-order chi connectivity index (χ0) is 14.7. The lowest BCUT2D eigenvalue weighted by molar-refractivity contribution is -0.150. The van der Waals surface area contributed by atoms with Crippen LogP contribution >= 0.6 is 0 Å². The van der Waals surface area contributed by atoms with E-state index in [9.17, 15) is 9.90 Å². The minimum atomic E-state index is -0.729. The van der Waals surface area contributed by atoms with Gasteiger partial charge in [0.2, 0.25) is 0 Å². The molecule has 1 aromatic heterocycles. The Kier molecular flexibility index (Phi) is 4.07. The van der Waals surface area contributed by atoms with Crippen LogP contribution in [0.3, 0.4) is 0 Å². The second-order valence-corrected chi connectivity index (χ2v) is 5.84. The first-order valence-corrected chi connectivity index (χ1v) is 7.39. The molecule has 1 unspecified atom stereocenters. The average molecular weight is 291 g/mol. The maximum Gasteiger partial charge on any atom is 0.313 e. The summed E-state index contributed by atoms with van der Waals surface area (Å²) < 4.78 is 5.33. The summed E-state index contributed by atoms with van der Waals surface area (Å²) >= 11 is 0. The van der Waals surface area contributed by atoms with Crippen molar-refractivity contribution >= 4 is 11.8 Å². The molecule has 1 N–H and O–H groups in total. The number of pyridine rings is 1. The van der Waals surface area contributed by atoms with Crippen molar-refractivity contribution in [3.05, 3.63) is 24.4 Å². The Labute approximate surface area is 124 Å². The Balaban J connectivity index is 1.57. The maximum atomic E-state index is 11.6. The van der Waals surface area contributed by atoms with E-state index >= 15 is 0 Å². The fraction of sp³-hybridized carbons (Fsp3) is 0.600. The molecule has 0 amide bonds. The maximum absolute atomic E-state index is 11.6. The smallest absolute Gasteiger partial charge is 0.313 e. The van der Waals surface area contributed by atoms with Crippen LogP contribution in [0.1, 0.15) is 6.42 Å². The Morgan fingerprint density at radius 1 is 1.33 bits per heavy atom. The fourth-order valence-electron chi connectivity index (χ4n) is 3.07. The van der Waals surface area contributed by atoms with Crippen LogP contribution < -0.4 is 4.90 Å². The lowest BCUT2D eigenvalue weighted by Gasteiger charge is -2.38. The molecule has 0 aliphatic carbocycles. The second-order valence-electron chi connectivity index (χ2n) is 5.84. The summed E-state index contributed by atoms with van der Waals surface area (Å²) in [5.41, 5.74) is -0.715. The number of carbonyl (C=O) groups is 1. The molecule has 3 heterocycles. The van der Waals surface area contributed by atoms with Crippen LogP contribution in [-0.2, 0) is 9.53 Å². The molecule has 0 saturated carbocycles. The van der Waals surface area contributed by atoms with Gasteiger partial charge in [0.25, 0.3) is 0 Å². The van der Waals surface area contributed by atoms with Crippen molar-refractivity contribution < 1.29 is 14.6 Å². The van der Waals surface area contributed by atoms with E-state index < -0.39 is 11.4 Å². The van der Waals surface area contributed by atoms with Gasteiger partial charge in [0.15, 0.2) is 0 Å². The van der Waals surface area contributed by atoms with Gasteiger partial charge in [-0.3, -0.25) is 9.69 Å². The van der Waals surface area contributed by atoms with Crippen LogP contribution in [0.15, 0.2) is 24.4 Å². The molecule has 2 aliphatic heterocycles. The Morgan fingerprint density at radius 2 is 2.14 bits per heavy atom. The van der Waals surface area contributed by atoms with E-state index in [1.54, 1.807) is 6.20 Å². The highest BCUT2D eigenvalue weighted by Gasteiger charge is 2.44. The molecule has 6 nitrogen and oxygen atoms in total. The molecule has 2 fully saturated rings. The number of ether oxygens (including phenoxy) is 1. The number of hydrogen-bond donors (Lipinski definition) is 1. The summed E-state index contributed by atoms with van der Waals surface area (Å²) in [4.78, 5) is 20.4. The topological polar surface area (TPSA) is 65.9 Å². The summed E-state index contributed by atoms with van der Waals surface area (Å²) in [6, 6.07) is 5.92. The Morgan fingerprint density at radius 3 is 2.71 bits per heavy atom. The standard InChI is InChI=1S/C15H21N3O3/c19-14(20)15(4-10-21-12-15)11-17-6-8-18(9-7-17)13-3-1-2-5-16-13/h1-3,5H,4,6-12H2,(H,19,20). The number of piperazine rings is 1. The molecule has 0 bridgehead atoms. The lowest BCUT2D eigenvalue weighted by atomic mass is 9.86. The van der Waals surface area contributed by atoms with Gasteiger partial charge in [-0.25, -0.2) is 4.98 Å². The quantitative estimate of drug-likeness (QED) is 0.880. The number of aromatic nitrogens is 1. The first kappa shape index (κ1) is 14.3. The molecule has 0 spiro atoms. The van der Waals surface area contributed by atoms with E-state index in [0.717, 1.165) is 32.0 Å². The minimum Gasteiger partial charge on any atom is -0.481 e. The van der Waals surface area contributed by atoms with Crippen molar-refractivity contribution in [1.29, 1.82) is 0 Å². The van der Waals surface area contributed by atoms with Gasteiger partial charge in [0.1, 0.15) is 11.2 Å². The minimum absolute atomic E-state index is 0.336. The summed E-state index contributed by atoms with van der Waals surface area (Å²) in [5.74, 6) is 0.265. The lowest BCUT2D eigenvalue weighted by Crippen LogP contribution is -2.52. The van der Waals surface area contributed by atoms with Crippen molar-refractivity contribution in [2.45, 2.75) is 6.42 Å². The van der Waals surface area contributed by atoms with Crippen LogP contribution in [0.25, 0.3) is 0 Å². The SMILES string of the molecule is O=C(O)C1(CN2CCN(c3ccccn3)CC2)CCOC1. The molecule has 0 aromatic carbocycles. The number of hydrogen-bond acceptors (Lipinski definition) is 5. The molecule has 0 radical (unpaired) electrons. The highest BCUT2D eigenvalue weighted by atomic mass is 16.5. The number of carboxylic acid groups (broad SMARTS) is 1. The van der Waals surface area contributed by atoms with Gasteiger partial charge in [-0.05, 0) is 18.6 Å². The van der Waals surface area contributed by atoms with Crippen LogP contribution in [0, 0.1) is 5.41 Å². The van der Waals surface area contributed by atoms with E-state index in [-0.39, 0.29) is 0 Å². The van der Waals surface area contributed by atoms with Crippen molar-refractivity contribution in [3.8, 4) is 0 Å². The van der Waals surface area contributed by atoms with Crippen molar-refractivity contribution in [3.63, 3.8) is 0 Å². The van der Waals surface area contributed by atoms with E-state index in [1.165, 1.54) is 0 Å². The van der Waals surface area contributed by atoms with Crippen LogP contribution in [0.2, 0.25) is 0 Å². The number of carboxylic acids is 1. The summed E-state index contributed by atoms with van der Waals surface area (Å²) in [6.45, 7) is 4.97. The number of rotatable bonds is 4. The summed E-state index contributed by atoms with van der Waals surface area (Å²) in [7, 11) is 0. The molecule has 6 heteroatoms. The predicted molar refractivity (Wildman–Crippen MR) is 78.4 cm³/mol. The van der Waals surface area contributed by atoms with E-state index in [1.807, 2.05) is 18.2 Å². The zero-order valence-corrected chi connectivity index (χ0v) is 12.1. The number of nitrogens with zero attached hydrogens (tertiary/aromatic N) is 3. The van der Waals surface area contributed by atoms with E-state index in [4.69, 9.17) is 4.74 Å². The van der Waals surface area contributed by atoms with Gasteiger partial charge in [0, 0.05) is 45.5 Å². The molecule has 1 atom stereocenters. The van der Waals surface area contributed by atoms with Gasteiger partial charge in [-0.2, -0.15) is 0 Å². The molecular weight excluding hydrogens is 270 g/mol. The largest absolute Gasteiger partial charge is 0.481 e. The Hall–Kier alpha value is -1.66. The molecule has 21 heavy (non-hydrogen) atoms.